The SMILES string of the molecule is CO[C@H]1O[C@H]([C@@H](O)C[Si](C)(C)c2ccccc2)[C@H](OCc2ccccc2)[C@H](OCc2ccccc2)[C@H]1OCc1ccccc1. The zero-order valence-electron chi connectivity index (χ0n) is 25.8. The molecule has 1 fully saturated rings. The van der Waals surface area contributed by atoms with Gasteiger partial charge in [0.05, 0.1) is 34.0 Å². The third kappa shape index (κ3) is 8.52. The Morgan fingerprint density at radius 3 is 1.48 bits per heavy atom. The van der Waals surface area contributed by atoms with Crippen LogP contribution in [0.2, 0.25) is 19.1 Å². The van der Waals surface area contributed by atoms with Crippen molar-refractivity contribution in [2.24, 2.45) is 0 Å². The van der Waals surface area contributed by atoms with E-state index in [-0.39, 0.29) is 0 Å². The molecule has 0 radical (unpaired) electrons. The Labute approximate surface area is 262 Å². The van der Waals surface area contributed by atoms with E-state index in [4.69, 9.17) is 23.7 Å². The van der Waals surface area contributed by atoms with Crippen LogP contribution in [0.1, 0.15) is 16.7 Å². The third-order valence-electron chi connectivity index (χ3n) is 8.27. The molecular formula is C37H44O6Si. The molecule has 0 spiro atoms. The van der Waals surface area contributed by atoms with Gasteiger partial charge in [-0.25, -0.2) is 0 Å². The number of methoxy groups -OCH3 is 1. The van der Waals surface area contributed by atoms with Crippen molar-refractivity contribution in [2.75, 3.05) is 7.11 Å². The van der Waals surface area contributed by atoms with E-state index in [1.54, 1.807) is 7.11 Å². The minimum atomic E-state index is -2.04. The summed E-state index contributed by atoms with van der Waals surface area (Å²) in [6.45, 7) is 5.60. The van der Waals surface area contributed by atoms with Crippen molar-refractivity contribution >= 4 is 13.3 Å². The van der Waals surface area contributed by atoms with Gasteiger partial charge in [0.25, 0.3) is 0 Å². The fourth-order valence-corrected chi connectivity index (χ4v) is 8.45. The number of benzene rings is 4. The molecular weight excluding hydrogens is 568 g/mol. The Kier molecular flexibility index (Phi) is 11.5. The molecule has 0 aliphatic carbocycles. The molecule has 0 aromatic heterocycles. The van der Waals surface area contributed by atoms with Gasteiger partial charge in [0, 0.05) is 7.11 Å². The Hall–Kier alpha value is -3.14. The molecule has 6 atom stereocenters. The van der Waals surface area contributed by atoms with E-state index in [0.29, 0.717) is 25.9 Å². The van der Waals surface area contributed by atoms with Gasteiger partial charge in [0.2, 0.25) is 0 Å². The van der Waals surface area contributed by atoms with Gasteiger partial charge in [-0.1, -0.05) is 140 Å². The predicted molar refractivity (Wildman–Crippen MR) is 175 cm³/mol. The second-order valence-electron chi connectivity index (χ2n) is 12.0. The van der Waals surface area contributed by atoms with E-state index in [2.05, 4.69) is 37.4 Å². The van der Waals surface area contributed by atoms with E-state index in [0.717, 1.165) is 16.7 Å². The monoisotopic (exact) mass is 612 g/mol. The van der Waals surface area contributed by atoms with Gasteiger partial charge in [-0.05, 0) is 22.7 Å². The van der Waals surface area contributed by atoms with Crippen LogP contribution in [0.5, 0.6) is 0 Å². The second kappa shape index (κ2) is 15.7. The largest absolute Gasteiger partial charge is 0.391 e. The first-order valence-electron chi connectivity index (χ1n) is 15.3. The maximum atomic E-state index is 11.9. The lowest BCUT2D eigenvalue weighted by Gasteiger charge is -2.47. The summed E-state index contributed by atoms with van der Waals surface area (Å²) < 4.78 is 32.4. The molecule has 0 amide bonds. The van der Waals surface area contributed by atoms with Crippen LogP contribution in [-0.2, 0) is 43.5 Å². The van der Waals surface area contributed by atoms with Crippen LogP contribution >= 0.6 is 0 Å². The second-order valence-corrected chi connectivity index (χ2v) is 16.8. The average molecular weight is 613 g/mol. The number of aliphatic hydroxyl groups excluding tert-OH is 1. The molecule has 1 heterocycles. The first-order chi connectivity index (χ1) is 21.4. The Morgan fingerprint density at radius 1 is 0.614 bits per heavy atom. The van der Waals surface area contributed by atoms with Crippen molar-refractivity contribution in [3.8, 4) is 0 Å². The van der Waals surface area contributed by atoms with E-state index >= 15 is 0 Å². The van der Waals surface area contributed by atoms with Gasteiger partial charge in [-0.2, -0.15) is 0 Å². The zero-order valence-corrected chi connectivity index (χ0v) is 26.8. The third-order valence-corrected chi connectivity index (χ3v) is 11.6. The Morgan fingerprint density at radius 2 is 1.02 bits per heavy atom. The normalized spacial score (nSPS) is 22.9. The quantitative estimate of drug-likeness (QED) is 0.174. The fourth-order valence-electron chi connectivity index (χ4n) is 5.84. The van der Waals surface area contributed by atoms with Crippen molar-refractivity contribution in [1.29, 1.82) is 0 Å². The lowest BCUT2D eigenvalue weighted by molar-refractivity contribution is -0.328. The molecule has 232 valence electrons. The summed E-state index contributed by atoms with van der Waals surface area (Å²) in [5.74, 6) is 0. The Balaban J connectivity index is 1.46. The van der Waals surface area contributed by atoms with Crippen molar-refractivity contribution in [2.45, 2.75) is 75.8 Å². The van der Waals surface area contributed by atoms with Gasteiger partial charge < -0.3 is 28.8 Å². The molecule has 4 aromatic carbocycles. The predicted octanol–water partition coefficient (Wildman–Crippen LogP) is 6.09. The van der Waals surface area contributed by atoms with Gasteiger partial charge in [0.15, 0.2) is 6.29 Å². The molecule has 1 aliphatic rings. The molecule has 1 saturated heterocycles. The molecule has 6 nitrogen and oxygen atoms in total. The Bertz CT molecular complexity index is 1370. The van der Waals surface area contributed by atoms with Crippen molar-refractivity contribution in [3.05, 3.63) is 138 Å². The maximum absolute atomic E-state index is 11.9. The van der Waals surface area contributed by atoms with Crippen LogP contribution in [0.15, 0.2) is 121 Å². The smallest absolute Gasteiger partial charge is 0.186 e. The molecule has 44 heavy (non-hydrogen) atoms. The van der Waals surface area contributed by atoms with Crippen molar-refractivity contribution < 1.29 is 28.8 Å². The average Bonchev–Trinajstić information content (AvgIpc) is 3.07. The number of aliphatic hydroxyl groups is 1. The van der Waals surface area contributed by atoms with E-state index < -0.39 is 44.9 Å². The first-order valence-corrected chi connectivity index (χ1v) is 18.5. The first kappa shape index (κ1) is 32.3. The van der Waals surface area contributed by atoms with Crippen molar-refractivity contribution in [1.82, 2.24) is 0 Å². The van der Waals surface area contributed by atoms with Crippen molar-refractivity contribution in [3.63, 3.8) is 0 Å². The van der Waals surface area contributed by atoms with Crippen LogP contribution in [0.3, 0.4) is 0 Å². The fraction of sp³-hybridized carbons (Fsp3) is 0.351. The molecule has 1 aliphatic heterocycles. The summed E-state index contributed by atoms with van der Waals surface area (Å²) in [6, 6.07) is 41.1. The number of rotatable bonds is 14. The summed E-state index contributed by atoms with van der Waals surface area (Å²) in [7, 11) is -0.437. The highest BCUT2D eigenvalue weighted by Crippen LogP contribution is 2.34. The standard InChI is InChI=1S/C37H44O6Si/c1-39-37-36(42-26-30-20-12-6-13-21-30)35(41-25-29-18-10-5-11-19-29)34(40-24-28-16-8-4-9-17-28)33(43-37)32(38)27-44(2,3)31-22-14-7-15-23-31/h4-23,32-38H,24-27H2,1-3H3/t32-,33+,34-,35-,36+,37-/m0/s1. The maximum Gasteiger partial charge on any atom is 0.186 e. The highest BCUT2D eigenvalue weighted by molar-refractivity contribution is 6.89. The van der Waals surface area contributed by atoms with Gasteiger partial charge in [-0.3, -0.25) is 0 Å². The number of ether oxygens (including phenoxy) is 5. The van der Waals surface area contributed by atoms with E-state index in [1.165, 1.54) is 5.19 Å². The topological polar surface area (TPSA) is 66.4 Å². The zero-order chi connectivity index (χ0) is 30.8. The van der Waals surface area contributed by atoms with Crippen LogP contribution in [0.4, 0.5) is 0 Å². The van der Waals surface area contributed by atoms with Gasteiger partial charge >= 0.3 is 0 Å². The minimum Gasteiger partial charge on any atom is -0.391 e. The minimum absolute atomic E-state index is 0.339. The number of hydrogen-bond acceptors (Lipinski definition) is 6. The summed E-state index contributed by atoms with van der Waals surface area (Å²) in [6.07, 6.45) is -4.08. The highest BCUT2D eigenvalue weighted by Gasteiger charge is 2.51. The molecule has 1 N–H and O–H groups in total. The molecule has 5 rings (SSSR count). The van der Waals surface area contributed by atoms with Crippen LogP contribution < -0.4 is 5.19 Å². The van der Waals surface area contributed by atoms with Crippen LogP contribution in [0, 0.1) is 0 Å². The van der Waals surface area contributed by atoms with E-state index in [1.807, 2.05) is 97.1 Å². The molecule has 4 aromatic rings. The molecule has 0 saturated carbocycles. The van der Waals surface area contributed by atoms with Gasteiger partial charge in [-0.15, -0.1) is 0 Å². The highest BCUT2D eigenvalue weighted by atomic mass is 28.3. The molecule has 7 heteroatoms. The lowest BCUT2D eigenvalue weighted by Crippen LogP contribution is -2.64. The number of hydrogen-bond donors (Lipinski definition) is 1. The molecule has 0 bridgehead atoms. The summed E-state index contributed by atoms with van der Waals surface area (Å²) in [5.41, 5.74) is 3.09. The lowest BCUT2D eigenvalue weighted by atomic mass is 9.94. The van der Waals surface area contributed by atoms with Gasteiger partial charge in [0.1, 0.15) is 24.4 Å². The van der Waals surface area contributed by atoms with Crippen LogP contribution in [0.25, 0.3) is 0 Å². The summed E-state index contributed by atoms with van der Waals surface area (Å²) in [4.78, 5) is 0. The molecule has 0 unspecified atom stereocenters. The van der Waals surface area contributed by atoms with E-state index in [9.17, 15) is 5.11 Å². The van der Waals surface area contributed by atoms with Crippen LogP contribution in [-0.4, -0.2) is 57.1 Å². The summed E-state index contributed by atoms with van der Waals surface area (Å²) >= 11 is 0. The summed E-state index contributed by atoms with van der Waals surface area (Å²) in [5, 5.41) is 13.2.